The Morgan fingerprint density at radius 2 is 1.88 bits per heavy atom. The van der Waals surface area contributed by atoms with Crippen LogP contribution in [-0.4, -0.2) is 39.4 Å². The first-order chi connectivity index (χ1) is 11.8. The Morgan fingerprint density at radius 1 is 1.24 bits per heavy atom. The van der Waals surface area contributed by atoms with Crippen LogP contribution in [0.25, 0.3) is 0 Å². The standard InChI is InChI=1S/C19H23N3O3/c1-19(2,3)25-18(24)22-14-7-8-15(22)10-12(9-14)17(23)16-6-4-5-13(11-20)21-16/h4-6,12,14-15H,7-10H2,1-3H3. The summed E-state index contributed by atoms with van der Waals surface area (Å²) < 4.78 is 5.52. The molecule has 1 aromatic rings. The molecule has 2 atom stereocenters. The first kappa shape index (κ1) is 17.4. The second kappa shape index (κ2) is 6.47. The molecule has 0 aliphatic carbocycles. The van der Waals surface area contributed by atoms with Crippen molar-refractivity contribution >= 4 is 11.9 Å². The molecule has 132 valence electrons. The van der Waals surface area contributed by atoms with Crippen molar-refractivity contribution in [3.8, 4) is 6.07 Å². The van der Waals surface area contributed by atoms with Crippen LogP contribution in [-0.2, 0) is 4.74 Å². The van der Waals surface area contributed by atoms with Crippen LogP contribution in [0.4, 0.5) is 4.79 Å². The maximum absolute atomic E-state index is 12.8. The number of Topliss-reactive ketones (excluding diaryl/α,β-unsaturated/α-hetero) is 1. The molecule has 6 heteroatoms. The van der Waals surface area contributed by atoms with Gasteiger partial charge in [-0.2, -0.15) is 5.26 Å². The van der Waals surface area contributed by atoms with Crippen molar-refractivity contribution in [3.05, 3.63) is 29.6 Å². The Labute approximate surface area is 147 Å². The number of pyridine rings is 1. The largest absolute Gasteiger partial charge is 0.444 e. The Morgan fingerprint density at radius 3 is 2.44 bits per heavy atom. The molecule has 0 N–H and O–H groups in total. The van der Waals surface area contributed by atoms with Crippen molar-refractivity contribution in [2.45, 2.75) is 64.1 Å². The highest BCUT2D eigenvalue weighted by Crippen LogP contribution is 2.40. The Hall–Kier alpha value is -2.42. The predicted octanol–water partition coefficient (Wildman–Crippen LogP) is 3.31. The van der Waals surface area contributed by atoms with Crippen molar-refractivity contribution in [1.82, 2.24) is 9.88 Å². The summed E-state index contributed by atoms with van der Waals surface area (Å²) in [6, 6.07) is 6.98. The zero-order valence-corrected chi connectivity index (χ0v) is 14.9. The molecule has 2 unspecified atom stereocenters. The smallest absolute Gasteiger partial charge is 0.410 e. The summed E-state index contributed by atoms with van der Waals surface area (Å²) in [7, 11) is 0. The highest BCUT2D eigenvalue weighted by atomic mass is 16.6. The van der Waals surface area contributed by atoms with Gasteiger partial charge < -0.3 is 9.64 Å². The zero-order chi connectivity index (χ0) is 18.2. The van der Waals surface area contributed by atoms with Crippen LogP contribution in [0.5, 0.6) is 0 Å². The van der Waals surface area contributed by atoms with Crippen LogP contribution < -0.4 is 0 Å². The fourth-order valence-electron chi connectivity index (χ4n) is 3.85. The second-order valence-corrected chi connectivity index (χ2v) is 7.83. The van der Waals surface area contributed by atoms with Crippen molar-refractivity contribution in [2.24, 2.45) is 5.92 Å². The second-order valence-electron chi connectivity index (χ2n) is 7.83. The monoisotopic (exact) mass is 341 g/mol. The third kappa shape index (κ3) is 3.65. The normalized spacial score (nSPS) is 25.4. The number of carbonyl (C=O) groups is 2. The molecule has 2 saturated heterocycles. The van der Waals surface area contributed by atoms with Crippen LogP contribution in [0.1, 0.15) is 62.6 Å². The first-order valence-corrected chi connectivity index (χ1v) is 8.71. The van der Waals surface area contributed by atoms with Gasteiger partial charge >= 0.3 is 6.09 Å². The number of ketones is 1. The van der Waals surface area contributed by atoms with E-state index in [-0.39, 0.29) is 35.6 Å². The molecule has 25 heavy (non-hydrogen) atoms. The molecule has 6 nitrogen and oxygen atoms in total. The molecule has 0 aromatic carbocycles. The number of amides is 1. The van der Waals surface area contributed by atoms with E-state index in [0.717, 1.165) is 12.8 Å². The highest BCUT2D eigenvalue weighted by molar-refractivity contribution is 5.96. The lowest BCUT2D eigenvalue weighted by atomic mass is 9.86. The van der Waals surface area contributed by atoms with Crippen LogP contribution in [0.2, 0.25) is 0 Å². The average Bonchev–Trinajstić information content (AvgIpc) is 2.83. The summed E-state index contributed by atoms with van der Waals surface area (Å²) in [6.45, 7) is 5.57. The third-order valence-corrected chi connectivity index (χ3v) is 4.82. The fraction of sp³-hybridized carbons (Fsp3) is 0.579. The van der Waals surface area contributed by atoms with Gasteiger partial charge in [0.25, 0.3) is 0 Å². The molecule has 0 radical (unpaired) electrons. The van der Waals surface area contributed by atoms with Gasteiger partial charge in [-0.15, -0.1) is 0 Å². The third-order valence-electron chi connectivity index (χ3n) is 4.82. The Kier molecular flexibility index (Phi) is 4.51. The number of carbonyl (C=O) groups excluding carboxylic acids is 2. The van der Waals surface area contributed by atoms with E-state index in [2.05, 4.69) is 4.98 Å². The summed E-state index contributed by atoms with van der Waals surface area (Å²) in [4.78, 5) is 31.2. The fourth-order valence-corrected chi connectivity index (χ4v) is 3.85. The van der Waals surface area contributed by atoms with E-state index in [9.17, 15) is 9.59 Å². The molecule has 2 bridgehead atoms. The highest BCUT2D eigenvalue weighted by Gasteiger charge is 2.46. The summed E-state index contributed by atoms with van der Waals surface area (Å²) in [5.41, 5.74) is 0.0689. The Balaban J connectivity index is 1.72. The summed E-state index contributed by atoms with van der Waals surface area (Å²) in [5.74, 6) is -0.185. The number of nitriles is 1. The topological polar surface area (TPSA) is 83.3 Å². The number of aromatic nitrogens is 1. The average molecular weight is 341 g/mol. The predicted molar refractivity (Wildman–Crippen MR) is 90.9 cm³/mol. The van der Waals surface area contributed by atoms with E-state index in [0.29, 0.717) is 18.5 Å². The van der Waals surface area contributed by atoms with Gasteiger partial charge in [-0.3, -0.25) is 4.79 Å². The SMILES string of the molecule is CC(C)(C)OC(=O)N1C2CCC1CC(C(=O)c1cccc(C#N)n1)C2. The molecule has 2 fully saturated rings. The van der Waals surface area contributed by atoms with Gasteiger partial charge in [0.1, 0.15) is 23.1 Å². The number of nitrogens with zero attached hydrogens (tertiary/aromatic N) is 3. The molecular weight excluding hydrogens is 318 g/mol. The van der Waals surface area contributed by atoms with Crippen LogP contribution in [0.3, 0.4) is 0 Å². The number of hydrogen-bond donors (Lipinski definition) is 0. The zero-order valence-electron chi connectivity index (χ0n) is 14.9. The number of hydrogen-bond acceptors (Lipinski definition) is 5. The maximum Gasteiger partial charge on any atom is 0.410 e. The summed E-state index contributed by atoms with van der Waals surface area (Å²) in [5, 5.41) is 8.96. The van der Waals surface area contributed by atoms with Gasteiger partial charge in [0, 0.05) is 18.0 Å². The molecule has 1 amide bonds. The van der Waals surface area contributed by atoms with Crippen molar-refractivity contribution in [2.75, 3.05) is 0 Å². The van der Waals surface area contributed by atoms with Gasteiger partial charge in [0.05, 0.1) is 0 Å². The molecule has 0 saturated carbocycles. The minimum atomic E-state index is -0.523. The van der Waals surface area contributed by atoms with E-state index in [1.807, 2.05) is 31.7 Å². The first-order valence-electron chi connectivity index (χ1n) is 8.71. The quantitative estimate of drug-likeness (QED) is 0.771. The van der Waals surface area contributed by atoms with Crippen molar-refractivity contribution in [1.29, 1.82) is 5.26 Å². The van der Waals surface area contributed by atoms with E-state index >= 15 is 0 Å². The Bertz CT molecular complexity index is 718. The minimum Gasteiger partial charge on any atom is -0.444 e. The molecule has 1 aromatic heterocycles. The molecule has 2 aliphatic heterocycles. The van der Waals surface area contributed by atoms with Crippen molar-refractivity contribution < 1.29 is 14.3 Å². The van der Waals surface area contributed by atoms with Crippen molar-refractivity contribution in [3.63, 3.8) is 0 Å². The van der Waals surface area contributed by atoms with Gasteiger partial charge in [0.15, 0.2) is 5.78 Å². The van der Waals surface area contributed by atoms with Gasteiger partial charge in [-0.05, 0) is 58.6 Å². The number of fused-ring (bicyclic) bond motifs is 2. The van der Waals surface area contributed by atoms with E-state index in [4.69, 9.17) is 10.00 Å². The van der Waals surface area contributed by atoms with E-state index in [1.165, 1.54) is 0 Å². The lowest BCUT2D eigenvalue weighted by Crippen LogP contribution is -2.49. The molecule has 0 spiro atoms. The number of piperidine rings is 1. The molecular formula is C19H23N3O3. The van der Waals surface area contributed by atoms with Gasteiger partial charge in [-0.1, -0.05) is 6.07 Å². The molecule has 3 rings (SSSR count). The molecule has 3 heterocycles. The van der Waals surface area contributed by atoms with Crippen LogP contribution in [0, 0.1) is 17.2 Å². The summed E-state index contributed by atoms with van der Waals surface area (Å²) >= 11 is 0. The maximum atomic E-state index is 12.8. The van der Waals surface area contributed by atoms with Crippen LogP contribution >= 0.6 is 0 Å². The lowest BCUT2D eigenvalue weighted by molar-refractivity contribution is 0.00251. The van der Waals surface area contributed by atoms with E-state index < -0.39 is 5.60 Å². The van der Waals surface area contributed by atoms with Crippen LogP contribution in [0.15, 0.2) is 18.2 Å². The van der Waals surface area contributed by atoms with E-state index in [1.54, 1.807) is 18.2 Å². The van der Waals surface area contributed by atoms with Gasteiger partial charge in [-0.25, -0.2) is 9.78 Å². The summed E-state index contributed by atoms with van der Waals surface area (Å²) in [6.07, 6.45) is 2.79. The minimum absolute atomic E-state index is 0.0298. The van der Waals surface area contributed by atoms with Gasteiger partial charge in [0.2, 0.25) is 0 Å². The number of ether oxygens (including phenoxy) is 1. The lowest BCUT2D eigenvalue weighted by Gasteiger charge is -2.38. The number of rotatable bonds is 2. The molecule has 2 aliphatic rings.